The molecule has 1 aliphatic heterocycles. The fraction of sp³-hybridized carbons (Fsp3) is 0.389. The van der Waals surface area contributed by atoms with Gasteiger partial charge in [0.15, 0.2) is 0 Å². The summed E-state index contributed by atoms with van der Waals surface area (Å²) < 4.78 is 6.42. The second-order valence-electron chi connectivity index (χ2n) is 6.49. The summed E-state index contributed by atoms with van der Waals surface area (Å²) in [7, 11) is 1.65. The molecule has 2 aromatic rings. The molecule has 6 heteroatoms. The Bertz CT molecular complexity index is 818. The Morgan fingerprint density at radius 2 is 2.17 bits per heavy atom. The van der Waals surface area contributed by atoms with E-state index in [1.807, 2.05) is 18.2 Å². The van der Waals surface area contributed by atoms with Crippen LogP contribution in [0.4, 0.5) is 5.00 Å². The second-order valence-corrected chi connectivity index (χ2v) is 8.51. The summed E-state index contributed by atoms with van der Waals surface area (Å²) in [5.74, 6) is 1.47. The summed E-state index contributed by atoms with van der Waals surface area (Å²) in [5, 5.41) is 7.59. The molecule has 4 rings (SSSR count). The average molecular weight is 407 g/mol. The Balaban J connectivity index is 1.73. The fourth-order valence-corrected chi connectivity index (χ4v) is 5.36. The van der Waals surface area contributed by atoms with Crippen molar-refractivity contribution in [2.45, 2.75) is 32.4 Å². The predicted octanol–water partition coefficient (Wildman–Crippen LogP) is 4.50. The average Bonchev–Trinajstić information content (AvgIpc) is 2.92. The first-order valence-electron chi connectivity index (χ1n) is 8.12. The van der Waals surface area contributed by atoms with Crippen molar-refractivity contribution in [3.63, 3.8) is 0 Å². The highest BCUT2D eigenvalue weighted by Gasteiger charge is 2.33. The third kappa shape index (κ3) is 2.62. The van der Waals surface area contributed by atoms with E-state index in [1.165, 1.54) is 10.4 Å². The van der Waals surface area contributed by atoms with Crippen molar-refractivity contribution in [2.75, 3.05) is 12.4 Å². The van der Waals surface area contributed by atoms with Crippen LogP contribution in [0.15, 0.2) is 22.7 Å². The third-order valence-corrected chi connectivity index (χ3v) is 6.47. The Labute approximate surface area is 153 Å². The number of nitrogens with one attached hydrogen (secondary N) is 2. The molecular formula is C18H19BrN2O2S. The number of benzene rings is 1. The zero-order chi connectivity index (χ0) is 16.8. The first kappa shape index (κ1) is 16.0. The van der Waals surface area contributed by atoms with Crippen LogP contribution in [0.25, 0.3) is 0 Å². The Morgan fingerprint density at radius 3 is 2.96 bits per heavy atom. The number of ether oxygens (including phenoxy) is 1. The molecule has 1 amide bonds. The normalized spacial score (nSPS) is 22.2. The topological polar surface area (TPSA) is 50.4 Å². The van der Waals surface area contributed by atoms with Gasteiger partial charge in [0.05, 0.1) is 12.7 Å². The number of anilines is 1. The molecule has 1 aromatic heterocycles. The Kier molecular flexibility index (Phi) is 4.04. The summed E-state index contributed by atoms with van der Waals surface area (Å²) in [5.41, 5.74) is 3.02. The highest BCUT2D eigenvalue weighted by Crippen LogP contribution is 2.43. The minimum atomic E-state index is -0.282. The zero-order valence-corrected chi connectivity index (χ0v) is 16.0. The van der Waals surface area contributed by atoms with Gasteiger partial charge in [-0.1, -0.05) is 22.9 Å². The molecule has 0 saturated heterocycles. The van der Waals surface area contributed by atoms with Crippen LogP contribution in [0.2, 0.25) is 0 Å². The smallest absolute Gasteiger partial charge is 0.256 e. The lowest BCUT2D eigenvalue weighted by molar-refractivity contribution is 0.0934. The van der Waals surface area contributed by atoms with Gasteiger partial charge in [-0.25, -0.2) is 0 Å². The van der Waals surface area contributed by atoms with Crippen LogP contribution >= 0.6 is 27.3 Å². The van der Waals surface area contributed by atoms with Gasteiger partial charge in [0.1, 0.15) is 16.9 Å². The largest absolute Gasteiger partial charge is 0.496 e. The highest BCUT2D eigenvalue weighted by atomic mass is 79.9. The van der Waals surface area contributed by atoms with Crippen LogP contribution < -0.4 is 15.4 Å². The molecule has 2 aliphatic rings. The van der Waals surface area contributed by atoms with Crippen LogP contribution in [-0.2, 0) is 12.8 Å². The molecule has 4 nitrogen and oxygen atoms in total. The standard InChI is InChI=1S/C18H19BrN2O2S/c1-9-3-5-11-14(7-9)24-18-15(11)17(22)20-16(21-18)12-8-10(19)4-6-13(12)23-2/h4,6,8-9,16,21H,3,5,7H2,1-2H3,(H,20,22). The van der Waals surface area contributed by atoms with Crippen molar-refractivity contribution in [1.29, 1.82) is 0 Å². The lowest BCUT2D eigenvalue weighted by atomic mass is 9.88. The number of methoxy groups -OCH3 is 1. The molecule has 0 radical (unpaired) electrons. The van der Waals surface area contributed by atoms with Crippen LogP contribution in [0, 0.1) is 5.92 Å². The first-order valence-corrected chi connectivity index (χ1v) is 9.73. The molecule has 2 heterocycles. The summed E-state index contributed by atoms with van der Waals surface area (Å²) in [6.45, 7) is 2.28. The van der Waals surface area contributed by atoms with Crippen molar-refractivity contribution in [1.82, 2.24) is 5.32 Å². The van der Waals surface area contributed by atoms with E-state index in [0.29, 0.717) is 5.92 Å². The van der Waals surface area contributed by atoms with Gasteiger partial charge in [0.2, 0.25) is 0 Å². The Morgan fingerprint density at radius 1 is 1.33 bits per heavy atom. The van der Waals surface area contributed by atoms with Crippen LogP contribution in [0.3, 0.4) is 0 Å². The van der Waals surface area contributed by atoms with Gasteiger partial charge in [-0.2, -0.15) is 0 Å². The molecule has 1 aliphatic carbocycles. The molecule has 0 bridgehead atoms. The number of carbonyl (C=O) groups is 1. The molecule has 2 unspecified atom stereocenters. The van der Waals surface area contributed by atoms with Gasteiger partial charge in [-0.3, -0.25) is 4.79 Å². The summed E-state index contributed by atoms with van der Waals surface area (Å²) in [6, 6.07) is 5.82. The minimum Gasteiger partial charge on any atom is -0.496 e. The number of rotatable bonds is 2. The number of halogens is 1. The number of hydrogen-bond acceptors (Lipinski definition) is 4. The Hall–Kier alpha value is -1.53. The van der Waals surface area contributed by atoms with Crippen molar-refractivity contribution >= 4 is 38.2 Å². The van der Waals surface area contributed by atoms with Crippen LogP contribution in [0.1, 0.15) is 45.9 Å². The molecule has 2 atom stereocenters. The lowest BCUT2D eigenvalue weighted by Crippen LogP contribution is -2.38. The molecule has 2 N–H and O–H groups in total. The number of fused-ring (bicyclic) bond motifs is 3. The van der Waals surface area contributed by atoms with E-state index in [9.17, 15) is 4.79 Å². The van der Waals surface area contributed by atoms with Crippen molar-refractivity contribution < 1.29 is 9.53 Å². The first-order chi connectivity index (χ1) is 11.6. The van der Waals surface area contributed by atoms with E-state index in [-0.39, 0.29) is 12.1 Å². The van der Waals surface area contributed by atoms with Gasteiger partial charge in [-0.15, -0.1) is 11.3 Å². The quantitative estimate of drug-likeness (QED) is 0.771. The van der Waals surface area contributed by atoms with E-state index in [2.05, 4.69) is 33.5 Å². The number of amides is 1. The lowest BCUT2D eigenvalue weighted by Gasteiger charge is -2.28. The highest BCUT2D eigenvalue weighted by molar-refractivity contribution is 9.10. The van der Waals surface area contributed by atoms with Crippen molar-refractivity contribution in [2.24, 2.45) is 5.92 Å². The van der Waals surface area contributed by atoms with Gasteiger partial charge in [0, 0.05) is 14.9 Å². The van der Waals surface area contributed by atoms with E-state index in [0.717, 1.165) is 45.6 Å². The van der Waals surface area contributed by atoms with Gasteiger partial charge in [-0.05, 0) is 48.9 Å². The second kappa shape index (κ2) is 6.08. The predicted molar refractivity (Wildman–Crippen MR) is 100 cm³/mol. The summed E-state index contributed by atoms with van der Waals surface area (Å²) in [4.78, 5) is 14.1. The van der Waals surface area contributed by atoms with Gasteiger partial charge in [0.25, 0.3) is 5.91 Å². The third-order valence-electron chi connectivity index (χ3n) is 4.79. The van der Waals surface area contributed by atoms with Gasteiger partial charge < -0.3 is 15.4 Å². The van der Waals surface area contributed by atoms with Crippen LogP contribution in [0.5, 0.6) is 5.75 Å². The van der Waals surface area contributed by atoms with Crippen molar-refractivity contribution in [3.05, 3.63) is 44.2 Å². The molecule has 24 heavy (non-hydrogen) atoms. The van der Waals surface area contributed by atoms with E-state index in [1.54, 1.807) is 18.4 Å². The molecular weight excluding hydrogens is 388 g/mol. The van der Waals surface area contributed by atoms with Crippen LogP contribution in [-0.4, -0.2) is 13.0 Å². The molecule has 1 aromatic carbocycles. The number of carbonyl (C=O) groups excluding carboxylic acids is 1. The maximum absolute atomic E-state index is 12.8. The van der Waals surface area contributed by atoms with Crippen molar-refractivity contribution in [3.8, 4) is 5.75 Å². The number of hydrogen-bond donors (Lipinski definition) is 2. The molecule has 0 fully saturated rings. The minimum absolute atomic E-state index is 0.0165. The number of thiophene rings is 1. The summed E-state index contributed by atoms with van der Waals surface area (Å²) >= 11 is 5.24. The van der Waals surface area contributed by atoms with Gasteiger partial charge >= 0.3 is 0 Å². The summed E-state index contributed by atoms with van der Waals surface area (Å²) in [6.07, 6.45) is 2.96. The molecule has 0 saturated carbocycles. The maximum Gasteiger partial charge on any atom is 0.256 e. The zero-order valence-electron chi connectivity index (χ0n) is 13.6. The maximum atomic E-state index is 12.8. The monoisotopic (exact) mass is 406 g/mol. The molecule has 0 spiro atoms. The fourth-order valence-electron chi connectivity index (χ4n) is 3.55. The van der Waals surface area contributed by atoms with E-state index in [4.69, 9.17) is 4.74 Å². The van der Waals surface area contributed by atoms with E-state index >= 15 is 0 Å². The molecule has 126 valence electrons. The SMILES string of the molecule is COc1ccc(Br)cc1C1NC(=O)c2c(sc3c2CCC(C)C3)N1. The van der Waals surface area contributed by atoms with E-state index < -0.39 is 0 Å².